The predicted octanol–water partition coefficient (Wildman–Crippen LogP) is 2.18. The second-order valence-electron chi connectivity index (χ2n) is 5.00. The van der Waals surface area contributed by atoms with Crippen molar-refractivity contribution in [2.45, 2.75) is 26.3 Å². The lowest BCUT2D eigenvalue weighted by molar-refractivity contribution is 0.288. The number of benzene rings is 1. The Kier molecular flexibility index (Phi) is 3.03. The summed E-state index contributed by atoms with van der Waals surface area (Å²) in [6, 6.07) is 6.34. The van der Waals surface area contributed by atoms with Crippen LogP contribution in [0.2, 0.25) is 0 Å². The highest BCUT2D eigenvalue weighted by Crippen LogP contribution is 2.31. The van der Waals surface area contributed by atoms with E-state index in [0.717, 1.165) is 48.0 Å². The summed E-state index contributed by atoms with van der Waals surface area (Å²) in [6.45, 7) is 3.37. The van der Waals surface area contributed by atoms with E-state index in [2.05, 4.69) is 34.7 Å². The molecule has 0 saturated heterocycles. The highest BCUT2D eigenvalue weighted by Gasteiger charge is 2.15. The average Bonchev–Trinajstić information content (AvgIpc) is 2.74. The van der Waals surface area contributed by atoms with E-state index in [9.17, 15) is 0 Å². The Hall–Kier alpha value is -1.81. The molecule has 0 aliphatic carbocycles. The van der Waals surface area contributed by atoms with Crippen LogP contribution in [-0.2, 0) is 20.0 Å². The number of aromatic nitrogens is 2. The first-order valence-electron chi connectivity index (χ1n) is 6.69. The summed E-state index contributed by atoms with van der Waals surface area (Å²) in [6.07, 6.45) is 2.17. The second-order valence-corrected chi connectivity index (χ2v) is 5.00. The van der Waals surface area contributed by atoms with Crippen LogP contribution >= 0.6 is 0 Å². The fourth-order valence-electron chi connectivity index (χ4n) is 2.60. The molecular formula is C15H19N3O. The summed E-state index contributed by atoms with van der Waals surface area (Å²) in [5, 5.41) is 0. The van der Waals surface area contributed by atoms with Crippen molar-refractivity contribution >= 4 is 0 Å². The summed E-state index contributed by atoms with van der Waals surface area (Å²) in [7, 11) is 2.01. The third kappa shape index (κ3) is 2.02. The van der Waals surface area contributed by atoms with Crippen molar-refractivity contribution in [2.75, 3.05) is 6.61 Å². The van der Waals surface area contributed by atoms with E-state index >= 15 is 0 Å². The van der Waals surface area contributed by atoms with E-state index < -0.39 is 0 Å². The maximum Gasteiger partial charge on any atom is 0.123 e. The van der Waals surface area contributed by atoms with E-state index in [1.165, 1.54) is 5.56 Å². The molecule has 2 N–H and O–H groups in total. The Morgan fingerprint density at radius 1 is 1.42 bits per heavy atom. The minimum Gasteiger partial charge on any atom is -0.493 e. The summed E-state index contributed by atoms with van der Waals surface area (Å²) in [5.41, 5.74) is 10.3. The van der Waals surface area contributed by atoms with Crippen LogP contribution in [0.3, 0.4) is 0 Å². The summed E-state index contributed by atoms with van der Waals surface area (Å²) in [4.78, 5) is 4.64. The molecule has 3 rings (SSSR count). The maximum atomic E-state index is 5.72. The van der Waals surface area contributed by atoms with Crippen molar-refractivity contribution in [3.8, 4) is 17.0 Å². The van der Waals surface area contributed by atoms with E-state index in [1.54, 1.807) is 0 Å². The van der Waals surface area contributed by atoms with Crippen molar-refractivity contribution < 1.29 is 4.74 Å². The first-order chi connectivity index (χ1) is 9.20. The molecule has 1 aromatic carbocycles. The number of aryl methyl sites for hydroxylation is 1. The van der Waals surface area contributed by atoms with Crippen molar-refractivity contribution in [3.63, 3.8) is 0 Å². The fourth-order valence-corrected chi connectivity index (χ4v) is 2.60. The molecule has 0 fully saturated rings. The van der Waals surface area contributed by atoms with E-state index in [4.69, 9.17) is 10.5 Å². The zero-order valence-corrected chi connectivity index (χ0v) is 11.4. The van der Waals surface area contributed by atoms with Gasteiger partial charge in [0.05, 0.1) is 18.8 Å². The molecule has 0 spiro atoms. The van der Waals surface area contributed by atoms with Crippen LogP contribution in [0.4, 0.5) is 0 Å². The average molecular weight is 257 g/mol. The maximum absolute atomic E-state index is 5.72. The topological polar surface area (TPSA) is 53.1 Å². The molecule has 2 aromatic rings. The number of ether oxygens (including phenoxy) is 1. The molecule has 0 saturated carbocycles. The lowest BCUT2D eigenvalue weighted by Gasteiger charge is -2.17. The minimum atomic E-state index is 0.464. The van der Waals surface area contributed by atoms with Gasteiger partial charge in [0.2, 0.25) is 0 Å². The zero-order chi connectivity index (χ0) is 13.4. The second kappa shape index (κ2) is 4.70. The zero-order valence-electron chi connectivity index (χ0n) is 11.4. The van der Waals surface area contributed by atoms with Gasteiger partial charge in [0.25, 0.3) is 0 Å². The van der Waals surface area contributed by atoms with E-state index in [1.807, 2.05) is 7.05 Å². The number of imidazole rings is 1. The molecule has 4 nitrogen and oxygen atoms in total. The van der Waals surface area contributed by atoms with Crippen LogP contribution < -0.4 is 10.5 Å². The summed E-state index contributed by atoms with van der Waals surface area (Å²) >= 11 is 0. The molecule has 1 aromatic heterocycles. The first-order valence-corrected chi connectivity index (χ1v) is 6.69. The van der Waals surface area contributed by atoms with Gasteiger partial charge in [0, 0.05) is 18.3 Å². The number of rotatable bonds is 2. The lowest BCUT2D eigenvalue weighted by Crippen LogP contribution is -2.08. The van der Waals surface area contributed by atoms with Gasteiger partial charge < -0.3 is 15.0 Å². The molecule has 1 aliphatic rings. The molecule has 0 radical (unpaired) electrons. The highest BCUT2D eigenvalue weighted by molar-refractivity contribution is 5.65. The van der Waals surface area contributed by atoms with Gasteiger partial charge >= 0.3 is 0 Å². The normalized spacial score (nSPS) is 14.1. The van der Waals surface area contributed by atoms with Gasteiger partial charge in [-0.2, -0.15) is 0 Å². The number of hydrogen-bond acceptors (Lipinski definition) is 3. The quantitative estimate of drug-likeness (QED) is 0.897. The minimum absolute atomic E-state index is 0.464. The van der Waals surface area contributed by atoms with E-state index in [-0.39, 0.29) is 0 Å². The van der Waals surface area contributed by atoms with Crippen molar-refractivity contribution in [1.82, 2.24) is 9.55 Å². The summed E-state index contributed by atoms with van der Waals surface area (Å²) < 4.78 is 7.71. The van der Waals surface area contributed by atoms with E-state index in [0.29, 0.717) is 6.54 Å². The Bertz CT molecular complexity index is 616. The Morgan fingerprint density at radius 2 is 2.26 bits per heavy atom. The lowest BCUT2D eigenvalue weighted by atomic mass is 10.0. The smallest absolute Gasteiger partial charge is 0.123 e. The van der Waals surface area contributed by atoms with Crippen LogP contribution in [0.5, 0.6) is 5.75 Å². The van der Waals surface area contributed by atoms with Gasteiger partial charge in [-0.1, -0.05) is 0 Å². The molecule has 4 heteroatoms. The molecule has 1 aliphatic heterocycles. The van der Waals surface area contributed by atoms with Crippen molar-refractivity contribution in [2.24, 2.45) is 12.8 Å². The third-order valence-corrected chi connectivity index (χ3v) is 3.84. The van der Waals surface area contributed by atoms with Crippen LogP contribution in [-0.4, -0.2) is 16.2 Å². The molecule has 0 amide bonds. The first kappa shape index (κ1) is 12.2. The number of nitrogens with zero attached hydrogens (tertiary/aromatic N) is 2. The number of fused-ring (bicyclic) bond motifs is 1. The van der Waals surface area contributed by atoms with Gasteiger partial charge in [-0.3, -0.25) is 0 Å². The van der Waals surface area contributed by atoms with Crippen molar-refractivity contribution in [3.05, 3.63) is 35.3 Å². The van der Waals surface area contributed by atoms with Gasteiger partial charge in [-0.15, -0.1) is 0 Å². The third-order valence-electron chi connectivity index (χ3n) is 3.84. The molecule has 0 atom stereocenters. The van der Waals surface area contributed by atoms with Gasteiger partial charge in [-0.05, 0) is 43.5 Å². The largest absolute Gasteiger partial charge is 0.493 e. The monoisotopic (exact) mass is 257 g/mol. The van der Waals surface area contributed by atoms with Crippen molar-refractivity contribution in [1.29, 1.82) is 0 Å². The molecular weight excluding hydrogens is 238 g/mol. The molecule has 0 bridgehead atoms. The molecule has 2 heterocycles. The number of nitrogens with two attached hydrogens (primary N) is 1. The fraction of sp³-hybridized carbons (Fsp3) is 0.400. The molecule has 100 valence electrons. The SMILES string of the molecule is Cc1c(-c2ccc3c(c2)CCCO3)nc(CN)n1C. The summed E-state index contributed by atoms with van der Waals surface area (Å²) in [5.74, 6) is 1.93. The highest BCUT2D eigenvalue weighted by atomic mass is 16.5. The van der Waals surface area contributed by atoms with Crippen LogP contribution in [0.25, 0.3) is 11.3 Å². The van der Waals surface area contributed by atoms with Crippen LogP contribution in [0, 0.1) is 6.92 Å². The van der Waals surface area contributed by atoms with Gasteiger partial charge in [0.15, 0.2) is 0 Å². The van der Waals surface area contributed by atoms with Crippen LogP contribution in [0.1, 0.15) is 23.5 Å². The number of hydrogen-bond donors (Lipinski definition) is 1. The van der Waals surface area contributed by atoms with Crippen LogP contribution in [0.15, 0.2) is 18.2 Å². The van der Waals surface area contributed by atoms with Gasteiger partial charge in [-0.25, -0.2) is 4.98 Å². The Morgan fingerprint density at radius 3 is 3.00 bits per heavy atom. The Balaban J connectivity index is 2.07. The molecule has 19 heavy (non-hydrogen) atoms. The van der Waals surface area contributed by atoms with Gasteiger partial charge in [0.1, 0.15) is 11.6 Å². The molecule has 0 unspecified atom stereocenters. The standard InChI is InChI=1S/C15H19N3O/c1-10-15(17-14(9-16)18(10)2)12-5-6-13-11(8-12)4-3-7-19-13/h5-6,8H,3-4,7,9,16H2,1-2H3. The predicted molar refractivity (Wildman–Crippen MR) is 75.1 cm³/mol. The Labute approximate surface area is 113 Å².